The minimum absolute atomic E-state index is 0.00644. The van der Waals surface area contributed by atoms with Crippen LogP contribution in [0.15, 0.2) is 47.8 Å². The fourth-order valence-electron chi connectivity index (χ4n) is 6.55. The second-order valence-corrected chi connectivity index (χ2v) is 12.2. The van der Waals surface area contributed by atoms with Gasteiger partial charge in [-0.3, -0.25) is 4.79 Å². The predicted octanol–water partition coefficient (Wildman–Crippen LogP) is 5.19. The molecule has 4 heterocycles. The highest BCUT2D eigenvalue weighted by atomic mass is 19.1. The van der Waals surface area contributed by atoms with E-state index in [2.05, 4.69) is 11.6 Å². The van der Waals surface area contributed by atoms with Crippen molar-refractivity contribution < 1.29 is 13.6 Å². The van der Waals surface area contributed by atoms with E-state index in [1.807, 2.05) is 25.7 Å². The van der Waals surface area contributed by atoms with Crippen LogP contribution in [0, 0.1) is 18.6 Å². The number of pyridine rings is 1. The summed E-state index contributed by atoms with van der Waals surface area (Å²) in [5, 5.41) is 0.314. The molecule has 1 aromatic carbocycles. The molecule has 0 radical (unpaired) electrons. The smallest absolute Gasteiger partial charge is 0.352 e. The molecule has 0 spiro atoms. The summed E-state index contributed by atoms with van der Waals surface area (Å²) in [4.78, 5) is 49.3. The summed E-state index contributed by atoms with van der Waals surface area (Å²) in [5.74, 6) is -0.277. The van der Waals surface area contributed by atoms with Crippen LogP contribution in [-0.2, 0) is 4.79 Å². The quantitative estimate of drug-likeness (QED) is 0.282. The largest absolute Gasteiger partial charge is 0.355 e. The Hall–Kier alpha value is -4.54. The van der Waals surface area contributed by atoms with Gasteiger partial charge < -0.3 is 9.80 Å². The molecule has 1 saturated heterocycles. The first-order chi connectivity index (χ1) is 21.2. The fraction of sp³-hybridized carbons (Fsp3) is 0.394. The lowest BCUT2D eigenvalue weighted by atomic mass is 10.1. The third-order valence-electron chi connectivity index (χ3n) is 8.78. The maximum absolute atomic E-state index is 16.0. The molecule has 0 bridgehead atoms. The Bertz CT molecular complexity index is 1850. The Morgan fingerprint density at radius 1 is 0.932 bits per heavy atom. The summed E-state index contributed by atoms with van der Waals surface area (Å²) in [7, 11) is 0. The highest BCUT2D eigenvalue weighted by Crippen LogP contribution is 2.48. The van der Waals surface area contributed by atoms with Gasteiger partial charge in [-0.15, -0.1) is 0 Å². The van der Waals surface area contributed by atoms with Crippen LogP contribution >= 0.6 is 0 Å². The lowest BCUT2D eigenvalue weighted by Crippen LogP contribution is -2.58. The topological polar surface area (TPSA) is 97.1 Å². The molecular formula is C33H33F2N7O2. The van der Waals surface area contributed by atoms with Crippen LogP contribution in [0.25, 0.3) is 28.0 Å². The number of anilines is 1. The van der Waals surface area contributed by atoms with Gasteiger partial charge in [-0.25, -0.2) is 33.1 Å². The SMILES string of the molecule is C=CC(=O)N1[C@H](C)CN(c2nc(=O)n(-c3c(C4CC4)nc(C)nc3C3CC3)c3nc(-c4ccccc4F)c(F)cc23)C[C@@H]1C. The number of amides is 1. The predicted molar refractivity (Wildman–Crippen MR) is 163 cm³/mol. The normalized spacial score (nSPS) is 20.3. The maximum atomic E-state index is 16.0. The molecule has 2 aliphatic carbocycles. The minimum Gasteiger partial charge on any atom is -0.352 e. The molecule has 4 aromatic rings. The van der Waals surface area contributed by atoms with Crippen molar-refractivity contribution in [2.45, 2.75) is 70.4 Å². The zero-order valence-corrected chi connectivity index (χ0v) is 24.9. The van der Waals surface area contributed by atoms with Crippen LogP contribution in [-0.4, -0.2) is 60.5 Å². The van der Waals surface area contributed by atoms with Crippen molar-refractivity contribution in [3.05, 3.63) is 82.3 Å². The Balaban J connectivity index is 1.50. The number of hydrogen-bond donors (Lipinski definition) is 0. The number of benzene rings is 1. The van der Waals surface area contributed by atoms with Crippen molar-refractivity contribution in [1.82, 2.24) is 29.4 Å². The van der Waals surface area contributed by atoms with E-state index in [0.717, 1.165) is 37.1 Å². The average molecular weight is 598 g/mol. The van der Waals surface area contributed by atoms with E-state index in [1.54, 1.807) is 11.0 Å². The standard InChI is InChI=1S/C33H33F2N7O2/c1-5-26(43)41-17(2)15-40(16-18(41)3)31-23-14-25(35)29(22-8-6-7-9-24(22)34)38-32(23)42(33(44)39-31)30-27(20-10-11-20)36-19(4)37-28(30)21-12-13-21/h5-9,14,17-18,20-21H,1,10-13,15-16H2,2-4H3/t17-,18+. The van der Waals surface area contributed by atoms with E-state index >= 15 is 4.39 Å². The zero-order valence-electron chi connectivity index (χ0n) is 24.9. The zero-order chi connectivity index (χ0) is 30.9. The van der Waals surface area contributed by atoms with E-state index in [1.165, 1.54) is 34.9 Å². The van der Waals surface area contributed by atoms with Crippen molar-refractivity contribution in [1.29, 1.82) is 0 Å². The Labute approximate surface area is 253 Å². The number of aryl methyl sites for hydroxylation is 1. The van der Waals surface area contributed by atoms with Gasteiger partial charge in [0.05, 0.1) is 22.5 Å². The average Bonchev–Trinajstić information content (AvgIpc) is 3.91. The molecular weight excluding hydrogens is 564 g/mol. The van der Waals surface area contributed by atoms with E-state index in [9.17, 15) is 14.0 Å². The lowest BCUT2D eigenvalue weighted by Gasteiger charge is -2.44. The van der Waals surface area contributed by atoms with Gasteiger partial charge in [0.25, 0.3) is 0 Å². The van der Waals surface area contributed by atoms with Crippen molar-refractivity contribution in [2.75, 3.05) is 18.0 Å². The molecule has 226 valence electrons. The molecule has 7 rings (SSSR count). The van der Waals surface area contributed by atoms with Gasteiger partial charge in [0.1, 0.15) is 29.0 Å². The number of aromatic nitrogens is 5. The van der Waals surface area contributed by atoms with Crippen molar-refractivity contribution in [2.24, 2.45) is 0 Å². The minimum atomic E-state index is -0.734. The second kappa shape index (κ2) is 10.6. The van der Waals surface area contributed by atoms with E-state index in [-0.39, 0.29) is 52.5 Å². The molecule has 9 nitrogen and oxygen atoms in total. The van der Waals surface area contributed by atoms with Gasteiger partial charge in [0, 0.05) is 42.6 Å². The second-order valence-electron chi connectivity index (χ2n) is 12.2. The molecule has 2 saturated carbocycles. The molecule has 3 fully saturated rings. The molecule has 3 aromatic heterocycles. The third kappa shape index (κ3) is 4.74. The molecule has 44 heavy (non-hydrogen) atoms. The van der Waals surface area contributed by atoms with E-state index in [4.69, 9.17) is 15.0 Å². The molecule has 11 heteroatoms. The summed E-state index contributed by atoms with van der Waals surface area (Å²) in [6.07, 6.45) is 5.06. The number of hydrogen-bond acceptors (Lipinski definition) is 7. The monoisotopic (exact) mass is 597 g/mol. The molecule has 3 aliphatic rings. The van der Waals surface area contributed by atoms with Gasteiger partial charge in [-0.05, 0) is 70.7 Å². The number of carbonyl (C=O) groups is 1. The number of halogens is 2. The summed E-state index contributed by atoms with van der Waals surface area (Å²) in [6, 6.07) is 6.70. The van der Waals surface area contributed by atoms with Crippen molar-refractivity contribution in [3.8, 4) is 16.9 Å². The van der Waals surface area contributed by atoms with Crippen molar-refractivity contribution in [3.63, 3.8) is 0 Å². The van der Waals surface area contributed by atoms with E-state index < -0.39 is 17.3 Å². The maximum Gasteiger partial charge on any atom is 0.355 e. The summed E-state index contributed by atoms with van der Waals surface area (Å²) < 4.78 is 32.4. The number of fused-ring (bicyclic) bond motifs is 1. The Morgan fingerprint density at radius 2 is 1.55 bits per heavy atom. The van der Waals surface area contributed by atoms with Gasteiger partial charge in [-0.1, -0.05) is 18.7 Å². The fourth-order valence-corrected chi connectivity index (χ4v) is 6.55. The first-order valence-corrected chi connectivity index (χ1v) is 15.1. The highest BCUT2D eigenvalue weighted by molar-refractivity contribution is 5.91. The van der Waals surface area contributed by atoms with Gasteiger partial charge in [-0.2, -0.15) is 4.98 Å². The first-order valence-electron chi connectivity index (χ1n) is 15.1. The summed E-state index contributed by atoms with van der Waals surface area (Å²) in [6.45, 7) is 10.0. The van der Waals surface area contributed by atoms with E-state index in [0.29, 0.717) is 30.0 Å². The summed E-state index contributed by atoms with van der Waals surface area (Å²) >= 11 is 0. The molecule has 1 aliphatic heterocycles. The molecule has 0 unspecified atom stereocenters. The Morgan fingerprint density at radius 3 is 2.11 bits per heavy atom. The van der Waals surface area contributed by atoms with Crippen molar-refractivity contribution >= 4 is 22.8 Å². The van der Waals surface area contributed by atoms with Crippen LogP contribution in [0.2, 0.25) is 0 Å². The molecule has 0 N–H and O–H groups in total. The number of nitrogens with zero attached hydrogens (tertiary/aromatic N) is 7. The van der Waals surface area contributed by atoms with Gasteiger partial charge >= 0.3 is 5.69 Å². The van der Waals surface area contributed by atoms with Crippen LogP contribution in [0.4, 0.5) is 14.6 Å². The number of rotatable bonds is 6. The van der Waals surface area contributed by atoms with Crippen LogP contribution < -0.4 is 10.6 Å². The Kier molecular flexibility index (Phi) is 6.78. The summed E-state index contributed by atoms with van der Waals surface area (Å²) in [5.41, 5.74) is 1.49. The van der Waals surface area contributed by atoms with Crippen LogP contribution in [0.3, 0.4) is 0 Å². The molecule has 2 atom stereocenters. The number of piperazine rings is 1. The number of carbonyl (C=O) groups excluding carboxylic acids is 1. The lowest BCUT2D eigenvalue weighted by molar-refractivity contribution is -0.130. The third-order valence-corrected chi connectivity index (χ3v) is 8.78. The van der Waals surface area contributed by atoms with Gasteiger partial charge in [0.15, 0.2) is 5.65 Å². The van der Waals surface area contributed by atoms with Crippen LogP contribution in [0.5, 0.6) is 0 Å². The highest BCUT2D eigenvalue weighted by Gasteiger charge is 2.38. The molecule has 1 amide bonds. The van der Waals surface area contributed by atoms with Gasteiger partial charge in [0.2, 0.25) is 5.91 Å². The first kappa shape index (κ1) is 28.2. The van der Waals surface area contributed by atoms with Crippen LogP contribution in [0.1, 0.15) is 68.6 Å².